The number of carbonyl (C=O) groups is 1. The third kappa shape index (κ3) is 5.60. The molecule has 0 heterocycles. The number of carbonyl (C=O) groups excluding carboxylic acids is 1. The highest BCUT2D eigenvalue weighted by molar-refractivity contribution is 5.76. The SMILES string of the molecule is C#CCC(CC)NC(=O)CC(C)CN. The maximum atomic E-state index is 11.4. The largest absolute Gasteiger partial charge is 0.352 e. The van der Waals surface area contributed by atoms with Crippen LogP contribution in [0.3, 0.4) is 0 Å². The number of nitrogens with two attached hydrogens (primary N) is 1. The van der Waals surface area contributed by atoms with Gasteiger partial charge in [-0.1, -0.05) is 13.8 Å². The average Bonchev–Trinajstić information content (AvgIpc) is 2.16. The van der Waals surface area contributed by atoms with Crippen LogP contribution in [-0.2, 0) is 4.79 Å². The number of nitrogens with one attached hydrogen (secondary N) is 1. The van der Waals surface area contributed by atoms with E-state index in [1.807, 2.05) is 13.8 Å². The molecule has 14 heavy (non-hydrogen) atoms. The molecule has 2 unspecified atom stereocenters. The maximum Gasteiger partial charge on any atom is 0.220 e. The van der Waals surface area contributed by atoms with Gasteiger partial charge >= 0.3 is 0 Å². The molecule has 3 nitrogen and oxygen atoms in total. The van der Waals surface area contributed by atoms with E-state index in [0.717, 1.165) is 6.42 Å². The van der Waals surface area contributed by atoms with Gasteiger partial charge in [0.1, 0.15) is 0 Å². The van der Waals surface area contributed by atoms with Crippen molar-refractivity contribution in [1.82, 2.24) is 5.32 Å². The highest BCUT2D eigenvalue weighted by Crippen LogP contribution is 2.01. The average molecular weight is 196 g/mol. The van der Waals surface area contributed by atoms with Crippen LogP contribution in [0.15, 0.2) is 0 Å². The molecule has 0 fully saturated rings. The molecular formula is C11H20N2O. The van der Waals surface area contributed by atoms with Gasteiger partial charge in [0.15, 0.2) is 0 Å². The van der Waals surface area contributed by atoms with E-state index in [9.17, 15) is 4.79 Å². The monoisotopic (exact) mass is 196 g/mol. The van der Waals surface area contributed by atoms with Crippen molar-refractivity contribution in [3.8, 4) is 12.3 Å². The molecule has 0 aliphatic rings. The number of amides is 1. The molecule has 0 aliphatic carbocycles. The first-order valence-electron chi connectivity index (χ1n) is 5.06. The third-order valence-electron chi connectivity index (χ3n) is 2.16. The van der Waals surface area contributed by atoms with Crippen LogP contribution in [0.25, 0.3) is 0 Å². The van der Waals surface area contributed by atoms with E-state index >= 15 is 0 Å². The van der Waals surface area contributed by atoms with Crippen molar-refractivity contribution in [2.45, 2.75) is 39.2 Å². The molecule has 0 aromatic heterocycles. The topological polar surface area (TPSA) is 55.1 Å². The fourth-order valence-corrected chi connectivity index (χ4v) is 1.13. The van der Waals surface area contributed by atoms with Crippen LogP contribution in [0.5, 0.6) is 0 Å². The highest BCUT2D eigenvalue weighted by Gasteiger charge is 2.11. The first-order valence-corrected chi connectivity index (χ1v) is 5.06. The number of rotatable bonds is 6. The fourth-order valence-electron chi connectivity index (χ4n) is 1.13. The standard InChI is InChI=1S/C11H20N2O/c1-4-6-10(5-2)13-11(14)7-9(3)8-12/h1,9-10H,5-8,12H2,2-3H3,(H,13,14). The van der Waals surface area contributed by atoms with Gasteiger partial charge in [0.2, 0.25) is 5.91 Å². The number of terminal acetylenes is 1. The first kappa shape index (κ1) is 13.0. The summed E-state index contributed by atoms with van der Waals surface area (Å²) < 4.78 is 0. The van der Waals surface area contributed by atoms with Gasteiger partial charge < -0.3 is 11.1 Å². The minimum atomic E-state index is 0.0463. The van der Waals surface area contributed by atoms with Crippen LogP contribution < -0.4 is 11.1 Å². The molecule has 80 valence electrons. The van der Waals surface area contributed by atoms with Gasteiger partial charge in [-0.05, 0) is 18.9 Å². The van der Waals surface area contributed by atoms with Gasteiger partial charge in [0.25, 0.3) is 0 Å². The molecule has 3 N–H and O–H groups in total. The fraction of sp³-hybridized carbons (Fsp3) is 0.727. The van der Waals surface area contributed by atoms with E-state index in [1.54, 1.807) is 0 Å². The molecule has 0 aliphatic heterocycles. The Morgan fingerprint density at radius 3 is 2.71 bits per heavy atom. The van der Waals surface area contributed by atoms with Gasteiger partial charge in [-0.25, -0.2) is 0 Å². The Hall–Kier alpha value is -1.01. The molecule has 2 atom stereocenters. The van der Waals surface area contributed by atoms with E-state index in [-0.39, 0.29) is 17.9 Å². The Labute approximate surface area is 86.4 Å². The summed E-state index contributed by atoms with van der Waals surface area (Å²) in [5.41, 5.74) is 5.43. The van der Waals surface area contributed by atoms with Crippen LogP contribution in [0.1, 0.15) is 33.1 Å². The summed E-state index contributed by atoms with van der Waals surface area (Å²) >= 11 is 0. The Bertz CT molecular complexity index is 208. The number of hydrogen-bond acceptors (Lipinski definition) is 2. The molecule has 0 saturated carbocycles. The van der Waals surface area contributed by atoms with Gasteiger partial charge in [0, 0.05) is 18.9 Å². The Morgan fingerprint density at radius 1 is 1.64 bits per heavy atom. The Balaban J connectivity index is 3.85. The zero-order valence-electron chi connectivity index (χ0n) is 9.05. The summed E-state index contributed by atoms with van der Waals surface area (Å²) in [4.78, 5) is 11.4. The molecule has 1 amide bonds. The van der Waals surface area contributed by atoms with Crippen LogP contribution in [-0.4, -0.2) is 18.5 Å². The predicted octanol–water partition coefficient (Wildman–Crippen LogP) is 0.889. The smallest absolute Gasteiger partial charge is 0.220 e. The maximum absolute atomic E-state index is 11.4. The molecular weight excluding hydrogens is 176 g/mol. The zero-order valence-corrected chi connectivity index (χ0v) is 9.05. The summed E-state index contributed by atoms with van der Waals surface area (Å²) in [7, 11) is 0. The van der Waals surface area contributed by atoms with Crippen LogP contribution in [0.4, 0.5) is 0 Å². The normalized spacial score (nSPS) is 14.1. The van der Waals surface area contributed by atoms with Crippen molar-refractivity contribution < 1.29 is 4.79 Å². The lowest BCUT2D eigenvalue weighted by molar-refractivity contribution is -0.122. The summed E-state index contributed by atoms with van der Waals surface area (Å²) in [5, 5.41) is 2.90. The second-order valence-corrected chi connectivity index (χ2v) is 3.63. The number of hydrogen-bond donors (Lipinski definition) is 2. The first-order chi connectivity index (χ1) is 6.63. The van der Waals surface area contributed by atoms with Crippen molar-refractivity contribution in [3.05, 3.63) is 0 Å². The highest BCUT2D eigenvalue weighted by atomic mass is 16.1. The second kappa shape index (κ2) is 7.40. The van der Waals surface area contributed by atoms with Gasteiger partial charge in [-0.15, -0.1) is 12.3 Å². The van der Waals surface area contributed by atoms with Crippen molar-refractivity contribution in [1.29, 1.82) is 0 Å². The molecule has 0 saturated heterocycles. The van der Waals surface area contributed by atoms with Crippen molar-refractivity contribution in [2.75, 3.05) is 6.54 Å². The molecule has 3 heteroatoms. The zero-order chi connectivity index (χ0) is 11.0. The molecule has 0 rings (SSSR count). The van der Waals surface area contributed by atoms with Gasteiger partial charge in [-0.3, -0.25) is 4.79 Å². The summed E-state index contributed by atoms with van der Waals surface area (Å²) in [6, 6.07) is 0.109. The summed E-state index contributed by atoms with van der Waals surface area (Å²) in [6.07, 6.45) is 7.14. The summed E-state index contributed by atoms with van der Waals surface area (Å²) in [5.74, 6) is 2.83. The third-order valence-corrected chi connectivity index (χ3v) is 2.16. The van der Waals surface area contributed by atoms with E-state index in [0.29, 0.717) is 19.4 Å². The molecule has 0 aromatic carbocycles. The lowest BCUT2D eigenvalue weighted by atomic mass is 10.1. The lowest BCUT2D eigenvalue weighted by Gasteiger charge is -2.15. The Morgan fingerprint density at radius 2 is 2.29 bits per heavy atom. The van der Waals surface area contributed by atoms with E-state index in [1.165, 1.54) is 0 Å². The quantitative estimate of drug-likeness (QED) is 0.620. The predicted molar refractivity (Wildman–Crippen MR) is 58.5 cm³/mol. The van der Waals surface area contributed by atoms with Crippen LogP contribution >= 0.6 is 0 Å². The van der Waals surface area contributed by atoms with Crippen molar-refractivity contribution >= 4 is 5.91 Å². The molecule has 0 spiro atoms. The minimum Gasteiger partial charge on any atom is -0.352 e. The minimum absolute atomic E-state index is 0.0463. The van der Waals surface area contributed by atoms with Crippen LogP contribution in [0.2, 0.25) is 0 Å². The van der Waals surface area contributed by atoms with Gasteiger partial charge in [-0.2, -0.15) is 0 Å². The van der Waals surface area contributed by atoms with E-state index in [4.69, 9.17) is 12.2 Å². The van der Waals surface area contributed by atoms with Crippen LogP contribution in [0, 0.1) is 18.3 Å². The van der Waals surface area contributed by atoms with Crippen molar-refractivity contribution in [2.24, 2.45) is 11.7 Å². The van der Waals surface area contributed by atoms with Crippen molar-refractivity contribution in [3.63, 3.8) is 0 Å². The summed E-state index contributed by atoms with van der Waals surface area (Å²) in [6.45, 7) is 4.51. The molecule has 0 bridgehead atoms. The van der Waals surface area contributed by atoms with E-state index < -0.39 is 0 Å². The van der Waals surface area contributed by atoms with Gasteiger partial charge in [0.05, 0.1) is 0 Å². The van der Waals surface area contributed by atoms with E-state index in [2.05, 4.69) is 11.2 Å². The second-order valence-electron chi connectivity index (χ2n) is 3.63. The molecule has 0 aromatic rings. The lowest BCUT2D eigenvalue weighted by Crippen LogP contribution is -2.35. The Kier molecular flexibility index (Phi) is 6.87. The molecule has 0 radical (unpaired) electrons.